The van der Waals surface area contributed by atoms with Gasteiger partial charge in [0.15, 0.2) is 0 Å². The van der Waals surface area contributed by atoms with Gasteiger partial charge in [-0.3, -0.25) is 0 Å². The van der Waals surface area contributed by atoms with E-state index in [-0.39, 0.29) is 0 Å². The summed E-state index contributed by atoms with van der Waals surface area (Å²) in [6.45, 7) is 18.7. The van der Waals surface area contributed by atoms with Crippen LogP contribution in [0, 0.1) is 5.92 Å². The second kappa shape index (κ2) is 9.24. The third kappa shape index (κ3) is 5.63. The summed E-state index contributed by atoms with van der Waals surface area (Å²) in [5.41, 5.74) is 12.8. The Morgan fingerprint density at radius 2 is 2.04 bits per heavy atom. The first-order valence-corrected chi connectivity index (χ1v) is 8.56. The van der Waals surface area contributed by atoms with E-state index in [9.17, 15) is 0 Å². The molecule has 0 bridgehead atoms. The maximum absolute atomic E-state index is 6.25. The highest BCUT2D eigenvalue weighted by Crippen LogP contribution is 2.35. The largest absolute Gasteiger partial charge is 0.398 e. The van der Waals surface area contributed by atoms with Gasteiger partial charge in [-0.2, -0.15) is 0 Å². The Morgan fingerprint density at radius 3 is 2.61 bits per heavy atom. The molecule has 3 N–H and O–H groups in total. The van der Waals surface area contributed by atoms with Gasteiger partial charge in [-0.1, -0.05) is 52.2 Å². The van der Waals surface area contributed by atoms with E-state index >= 15 is 0 Å². The topological polar surface area (TPSA) is 38.0 Å². The Bertz CT molecular complexity index is 558. The van der Waals surface area contributed by atoms with Gasteiger partial charge in [0, 0.05) is 17.0 Å². The van der Waals surface area contributed by atoms with Gasteiger partial charge in [-0.25, -0.2) is 0 Å². The molecule has 1 aliphatic carbocycles. The number of allylic oxidation sites excluding steroid dienone is 7. The third-order valence-electron chi connectivity index (χ3n) is 4.41. The molecule has 0 radical (unpaired) electrons. The zero-order chi connectivity index (χ0) is 17.4. The molecule has 1 atom stereocenters. The average molecular weight is 313 g/mol. The van der Waals surface area contributed by atoms with E-state index in [0.717, 1.165) is 60.2 Å². The molecule has 1 unspecified atom stereocenters. The lowest BCUT2D eigenvalue weighted by atomic mass is 9.81. The predicted molar refractivity (Wildman–Crippen MR) is 103 cm³/mol. The lowest BCUT2D eigenvalue weighted by molar-refractivity contribution is 0.603. The Morgan fingerprint density at radius 1 is 1.35 bits per heavy atom. The molecule has 0 aromatic heterocycles. The van der Waals surface area contributed by atoms with E-state index in [1.54, 1.807) is 0 Å². The number of nitrogens with one attached hydrogen (secondary N) is 1. The van der Waals surface area contributed by atoms with E-state index in [2.05, 4.69) is 58.0 Å². The van der Waals surface area contributed by atoms with Crippen LogP contribution in [0.5, 0.6) is 0 Å². The third-order valence-corrected chi connectivity index (χ3v) is 4.41. The molecule has 0 amide bonds. The molecule has 0 heterocycles. The first kappa shape index (κ1) is 19.1. The highest BCUT2D eigenvalue weighted by Gasteiger charge is 2.19. The van der Waals surface area contributed by atoms with Gasteiger partial charge in [0.05, 0.1) is 0 Å². The first-order valence-electron chi connectivity index (χ1n) is 8.56. The molecule has 0 aliphatic heterocycles. The molecule has 1 rings (SSSR count). The van der Waals surface area contributed by atoms with E-state index in [1.807, 2.05) is 6.20 Å². The maximum atomic E-state index is 6.25. The Balaban J connectivity index is 2.62. The van der Waals surface area contributed by atoms with E-state index in [4.69, 9.17) is 5.73 Å². The van der Waals surface area contributed by atoms with Crippen molar-refractivity contribution >= 4 is 0 Å². The summed E-state index contributed by atoms with van der Waals surface area (Å²) in [5, 5.41) is 3.18. The Kier molecular flexibility index (Phi) is 7.67. The molecule has 126 valence electrons. The zero-order valence-corrected chi connectivity index (χ0v) is 15.0. The van der Waals surface area contributed by atoms with Gasteiger partial charge < -0.3 is 11.1 Å². The fraction of sp³-hybridized carbons (Fsp3) is 0.429. The summed E-state index contributed by atoms with van der Waals surface area (Å²) < 4.78 is 0. The number of nitrogens with two attached hydrogens (primary N) is 1. The molecule has 0 aromatic carbocycles. The van der Waals surface area contributed by atoms with Gasteiger partial charge in [-0.15, -0.1) is 0 Å². The smallest absolute Gasteiger partial charge is 0.0392 e. The molecule has 2 heteroatoms. The molecule has 0 saturated heterocycles. The summed E-state index contributed by atoms with van der Waals surface area (Å²) in [5.74, 6) is 0.501. The predicted octanol–water partition coefficient (Wildman–Crippen LogP) is 5.50. The van der Waals surface area contributed by atoms with Gasteiger partial charge >= 0.3 is 0 Å². The van der Waals surface area contributed by atoms with E-state index in [0.29, 0.717) is 5.92 Å². The van der Waals surface area contributed by atoms with Crippen molar-refractivity contribution in [3.05, 3.63) is 71.8 Å². The zero-order valence-electron chi connectivity index (χ0n) is 15.0. The van der Waals surface area contributed by atoms with Crippen LogP contribution < -0.4 is 11.1 Å². The van der Waals surface area contributed by atoms with Crippen molar-refractivity contribution in [2.75, 3.05) is 0 Å². The van der Waals surface area contributed by atoms with Gasteiger partial charge in [0.2, 0.25) is 0 Å². The van der Waals surface area contributed by atoms with Crippen molar-refractivity contribution in [1.29, 1.82) is 0 Å². The first-order chi connectivity index (χ1) is 10.9. The monoisotopic (exact) mass is 312 g/mol. The van der Waals surface area contributed by atoms with Crippen LogP contribution in [0.3, 0.4) is 0 Å². The van der Waals surface area contributed by atoms with Gasteiger partial charge in [0.25, 0.3) is 0 Å². The van der Waals surface area contributed by atoms with E-state index < -0.39 is 0 Å². The normalized spacial score (nSPS) is 16.5. The van der Waals surface area contributed by atoms with Crippen LogP contribution >= 0.6 is 0 Å². The molecular weight excluding hydrogens is 280 g/mol. The summed E-state index contributed by atoms with van der Waals surface area (Å²) in [7, 11) is 0. The summed E-state index contributed by atoms with van der Waals surface area (Å²) >= 11 is 0. The molecule has 23 heavy (non-hydrogen) atoms. The SMILES string of the molecule is C=C(CC)N/C=C/CCC(C)C1=CC(N)=C(C(=C)CC)C(=C)C1. The molecule has 0 saturated carbocycles. The molecule has 0 fully saturated rings. The molecule has 2 nitrogen and oxygen atoms in total. The minimum Gasteiger partial charge on any atom is -0.398 e. The van der Waals surface area contributed by atoms with Crippen molar-refractivity contribution in [2.24, 2.45) is 11.7 Å². The Labute approximate surface area is 142 Å². The summed E-state index contributed by atoms with van der Waals surface area (Å²) in [4.78, 5) is 0. The standard InChI is InChI=1S/C21H32N2/c1-7-15(3)21-17(5)13-19(14-20(21)22)16(4)11-9-10-12-23-18(6)8-2/h10,12,14,16,23H,3,5-9,11,13,22H2,1-2,4H3/b12-10+. The van der Waals surface area contributed by atoms with E-state index in [1.165, 1.54) is 5.57 Å². The highest BCUT2D eigenvalue weighted by atomic mass is 14.8. The second-order valence-electron chi connectivity index (χ2n) is 6.27. The lowest BCUT2D eigenvalue weighted by Gasteiger charge is -2.25. The van der Waals surface area contributed by atoms with Crippen molar-refractivity contribution < 1.29 is 0 Å². The quantitative estimate of drug-likeness (QED) is 0.590. The van der Waals surface area contributed by atoms with Crippen LogP contribution in [-0.4, -0.2) is 0 Å². The van der Waals surface area contributed by atoms with Crippen molar-refractivity contribution in [3.63, 3.8) is 0 Å². The van der Waals surface area contributed by atoms with Gasteiger partial charge in [-0.05, 0) is 61.4 Å². The fourth-order valence-corrected chi connectivity index (χ4v) is 2.70. The second-order valence-corrected chi connectivity index (χ2v) is 6.27. The van der Waals surface area contributed by atoms with Crippen molar-refractivity contribution in [3.8, 4) is 0 Å². The highest BCUT2D eigenvalue weighted by molar-refractivity contribution is 5.54. The number of hydrogen-bond acceptors (Lipinski definition) is 2. The van der Waals surface area contributed by atoms with Crippen LogP contribution in [0.2, 0.25) is 0 Å². The van der Waals surface area contributed by atoms with Crippen LogP contribution in [-0.2, 0) is 0 Å². The number of rotatable bonds is 9. The maximum Gasteiger partial charge on any atom is 0.0392 e. The molecular formula is C21H32N2. The molecule has 1 aliphatic rings. The van der Waals surface area contributed by atoms with Crippen molar-refractivity contribution in [2.45, 2.75) is 52.9 Å². The van der Waals surface area contributed by atoms with Crippen LogP contribution in [0.25, 0.3) is 0 Å². The number of hydrogen-bond donors (Lipinski definition) is 2. The minimum absolute atomic E-state index is 0.501. The van der Waals surface area contributed by atoms with Crippen molar-refractivity contribution in [1.82, 2.24) is 5.32 Å². The minimum atomic E-state index is 0.501. The van der Waals surface area contributed by atoms with Crippen LogP contribution in [0.1, 0.15) is 52.9 Å². The fourth-order valence-electron chi connectivity index (χ4n) is 2.70. The summed E-state index contributed by atoms with van der Waals surface area (Å²) in [6.07, 6.45) is 11.2. The molecule has 0 aromatic rings. The van der Waals surface area contributed by atoms with Crippen LogP contribution in [0.15, 0.2) is 71.8 Å². The summed E-state index contributed by atoms with van der Waals surface area (Å²) in [6, 6.07) is 0. The van der Waals surface area contributed by atoms with Gasteiger partial charge in [0.1, 0.15) is 0 Å². The Hall–Kier alpha value is -1.96. The van der Waals surface area contributed by atoms with Crippen LogP contribution in [0.4, 0.5) is 0 Å². The molecule has 0 spiro atoms. The average Bonchev–Trinajstić information content (AvgIpc) is 2.52. The lowest BCUT2D eigenvalue weighted by Crippen LogP contribution is -2.13.